The molecule has 2 aliphatic heterocycles. The maximum atomic E-state index is 10.8. The predicted octanol–water partition coefficient (Wildman–Crippen LogP) is 2.13. The van der Waals surface area contributed by atoms with Crippen molar-refractivity contribution in [3.8, 4) is 0 Å². The van der Waals surface area contributed by atoms with E-state index in [4.69, 9.17) is 4.98 Å². The number of anilines is 1. The second-order valence-corrected chi connectivity index (χ2v) is 8.63. The summed E-state index contributed by atoms with van der Waals surface area (Å²) >= 11 is 0. The molecule has 6 rings (SSSR count). The van der Waals surface area contributed by atoms with Gasteiger partial charge in [0, 0.05) is 42.4 Å². The fourth-order valence-electron chi connectivity index (χ4n) is 5.33. The molecule has 2 bridgehead atoms. The molecular weight excluding hydrogens is 340 g/mol. The van der Waals surface area contributed by atoms with Crippen LogP contribution in [0.4, 0.5) is 5.95 Å². The fraction of sp³-hybridized carbons (Fsp3) is 0.650. The number of hydrogen-bond donors (Lipinski definition) is 3. The maximum Gasteiger partial charge on any atom is 0.225 e. The molecule has 0 spiro atoms. The normalized spacial score (nSPS) is 28.5. The molecule has 2 aliphatic carbocycles. The molecule has 7 nitrogen and oxygen atoms in total. The van der Waals surface area contributed by atoms with Crippen LogP contribution in [0.5, 0.6) is 0 Å². The van der Waals surface area contributed by atoms with Gasteiger partial charge in [0.25, 0.3) is 0 Å². The summed E-state index contributed by atoms with van der Waals surface area (Å²) < 4.78 is 0. The van der Waals surface area contributed by atoms with Gasteiger partial charge in [0.15, 0.2) is 0 Å². The van der Waals surface area contributed by atoms with E-state index in [2.05, 4.69) is 25.4 Å². The lowest BCUT2D eigenvalue weighted by atomic mass is 9.70. The van der Waals surface area contributed by atoms with Gasteiger partial charge in [-0.1, -0.05) is 12.8 Å². The first-order chi connectivity index (χ1) is 13.2. The first kappa shape index (κ1) is 17.1. The van der Waals surface area contributed by atoms with Gasteiger partial charge < -0.3 is 15.3 Å². The molecule has 1 unspecified atom stereocenters. The second-order valence-electron chi connectivity index (χ2n) is 8.63. The van der Waals surface area contributed by atoms with Gasteiger partial charge in [-0.2, -0.15) is 5.10 Å². The third-order valence-corrected chi connectivity index (χ3v) is 6.73. The first-order valence-corrected chi connectivity index (χ1v) is 10.1. The van der Waals surface area contributed by atoms with Crippen LogP contribution in [-0.2, 0) is 0 Å². The predicted molar refractivity (Wildman–Crippen MR) is 103 cm³/mol. The topological polar surface area (TPSA) is 90.0 Å². The molecular formula is C20H28N6O. The SMILES string of the molecule is CNCC12CC(C1)N(c1nccc(C(O)c3cc(C4CCCC4)[nH]n3)n1)C2. The molecule has 0 amide bonds. The third kappa shape index (κ3) is 2.93. The van der Waals surface area contributed by atoms with Crippen LogP contribution in [0.1, 0.15) is 67.6 Å². The molecule has 2 aromatic rings. The summed E-state index contributed by atoms with van der Waals surface area (Å²) in [5, 5.41) is 21.6. The van der Waals surface area contributed by atoms with E-state index in [0.717, 1.165) is 24.7 Å². The van der Waals surface area contributed by atoms with E-state index in [1.54, 1.807) is 12.3 Å². The standard InChI is InChI=1S/C20H28N6O/c1-21-11-20-9-14(10-20)26(12-20)19-22-7-6-15(23-19)18(27)17-8-16(24-25-17)13-4-2-3-5-13/h6-8,13-14,18,21,27H,2-5,9-12H2,1H3,(H,24,25). The highest BCUT2D eigenvalue weighted by molar-refractivity contribution is 5.41. The number of aliphatic hydroxyl groups is 1. The highest BCUT2D eigenvalue weighted by atomic mass is 16.3. The van der Waals surface area contributed by atoms with Gasteiger partial charge in [-0.3, -0.25) is 5.10 Å². The van der Waals surface area contributed by atoms with E-state index in [1.165, 1.54) is 38.5 Å². The van der Waals surface area contributed by atoms with Crippen molar-refractivity contribution in [2.24, 2.45) is 5.41 Å². The Morgan fingerprint density at radius 1 is 1.33 bits per heavy atom. The third-order valence-electron chi connectivity index (χ3n) is 6.73. The summed E-state index contributed by atoms with van der Waals surface area (Å²) in [4.78, 5) is 11.5. The van der Waals surface area contributed by atoms with Crippen LogP contribution >= 0.6 is 0 Å². The quantitative estimate of drug-likeness (QED) is 0.724. The van der Waals surface area contributed by atoms with Crippen molar-refractivity contribution in [1.82, 2.24) is 25.5 Å². The molecule has 0 aromatic carbocycles. The molecule has 0 radical (unpaired) electrons. The molecule has 3 N–H and O–H groups in total. The Hall–Kier alpha value is -1.99. The zero-order chi connectivity index (χ0) is 18.4. The van der Waals surface area contributed by atoms with Gasteiger partial charge in [-0.05, 0) is 44.9 Å². The molecule has 144 valence electrons. The lowest BCUT2D eigenvalue weighted by molar-refractivity contribution is 0.196. The number of hydrogen-bond acceptors (Lipinski definition) is 6. The van der Waals surface area contributed by atoms with Gasteiger partial charge in [0.2, 0.25) is 5.95 Å². The zero-order valence-corrected chi connectivity index (χ0v) is 15.9. The highest BCUT2D eigenvalue weighted by Crippen LogP contribution is 2.52. The van der Waals surface area contributed by atoms with Crippen molar-refractivity contribution in [3.05, 3.63) is 35.4 Å². The Kier molecular flexibility index (Phi) is 4.16. The van der Waals surface area contributed by atoms with Crippen LogP contribution in [0.15, 0.2) is 18.3 Å². The van der Waals surface area contributed by atoms with Crippen molar-refractivity contribution in [2.45, 2.75) is 56.6 Å². The number of aromatic nitrogens is 4. The van der Waals surface area contributed by atoms with Crippen LogP contribution in [0.2, 0.25) is 0 Å². The molecule has 7 heteroatoms. The fourth-order valence-corrected chi connectivity index (χ4v) is 5.33. The van der Waals surface area contributed by atoms with Crippen molar-refractivity contribution < 1.29 is 5.11 Å². The number of nitrogens with one attached hydrogen (secondary N) is 2. The lowest BCUT2D eigenvalue weighted by Crippen LogP contribution is -2.41. The molecule has 4 fully saturated rings. The summed E-state index contributed by atoms with van der Waals surface area (Å²) in [6, 6.07) is 4.34. The van der Waals surface area contributed by atoms with E-state index in [0.29, 0.717) is 28.8 Å². The highest BCUT2D eigenvalue weighted by Gasteiger charge is 2.55. The Balaban J connectivity index is 1.33. The first-order valence-electron chi connectivity index (χ1n) is 10.1. The summed E-state index contributed by atoms with van der Waals surface area (Å²) in [6.45, 7) is 2.03. The van der Waals surface area contributed by atoms with E-state index in [1.807, 2.05) is 13.1 Å². The van der Waals surface area contributed by atoms with E-state index >= 15 is 0 Å². The van der Waals surface area contributed by atoms with Gasteiger partial charge in [0.05, 0.1) is 11.4 Å². The molecule has 4 aliphatic rings. The van der Waals surface area contributed by atoms with Crippen LogP contribution in [0.25, 0.3) is 0 Å². The number of aromatic amines is 1. The van der Waals surface area contributed by atoms with E-state index < -0.39 is 6.10 Å². The largest absolute Gasteiger partial charge is 0.380 e. The minimum absolute atomic E-state index is 0.371. The zero-order valence-electron chi connectivity index (χ0n) is 15.9. The van der Waals surface area contributed by atoms with Crippen molar-refractivity contribution >= 4 is 5.95 Å². The molecule has 27 heavy (non-hydrogen) atoms. The Morgan fingerprint density at radius 3 is 2.93 bits per heavy atom. The Morgan fingerprint density at radius 2 is 2.15 bits per heavy atom. The Labute approximate surface area is 159 Å². The average Bonchev–Trinajstić information content (AvgIpc) is 3.42. The van der Waals surface area contributed by atoms with Gasteiger partial charge >= 0.3 is 0 Å². The molecule has 2 saturated heterocycles. The summed E-state index contributed by atoms with van der Waals surface area (Å²) in [6.07, 6.45) is 8.32. The minimum Gasteiger partial charge on any atom is -0.380 e. The molecule has 4 heterocycles. The lowest BCUT2D eigenvalue weighted by Gasteiger charge is -2.36. The van der Waals surface area contributed by atoms with Crippen LogP contribution in [0.3, 0.4) is 0 Å². The number of H-pyrrole nitrogens is 1. The number of rotatable bonds is 6. The minimum atomic E-state index is -0.818. The van der Waals surface area contributed by atoms with Crippen LogP contribution < -0.4 is 10.2 Å². The summed E-state index contributed by atoms with van der Waals surface area (Å²) in [5.41, 5.74) is 2.79. The van der Waals surface area contributed by atoms with E-state index in [9.17, 15) is 5.11 Å². The smallest absolute Gasteiger partial charge is 0.225 e. The number of aliphatic hydroxyl groups excluding tert-OH is 1. The van der Waals surface area contributed by atoms with Crippen molar-refractivity contribution in [3.63, 3.8) is 0 Å². The van der Waals surface area contributed by atoms with Gasteiger partial charge in [0.1, 0.15) is 6.10 Å². The van der Waals surface area contributed by atoms with Gasteiger partial charge in [-0.25, -0.2) is 9.97 Å². The van der Waals surface area contributed by atoms with Gasteiger partial charge in [-0.15, -0.1) is 0 Å². The monoisotopic (exact) mass is 368 g/mol. The number of fused-ring (bicyclic) bond motifs is 1. The molecule has 2 aromatic heterocycles. The maximum absolute atomic E-state index is 10.8. The van der Waals surface area contributed by atoms with Crippen LogP contribution in [0, 0.1) is 5.41 Å². The van der Waals surface area contributed by atoms with Crippen molar-refractivity contribution in [2.75, 3.05) is 25.0 Å². The second kappa shape index (κ2) is 6.56. The Bertz CT molecular complexity index is 808. The molecule has 2 saturated carbocycles. The van der Waals surface area contributed by atoms with Crippen LogP contribution in [-0.4, -0.2) is 51.5 Å². The summed E-state index contributed by atoms with van der Waals surface area (Å²) in [7, 11) is 2.02. The van der Waals surface area contributed by atoms with E-state index in [-0.39, 0.29) is 0 Å². The van der Waals surface area contributed by atoms with Crippen molar-refractivity contribution in [1.29, 1.82) is 0 Å². The average molecular weight is 368 g/mol. The summed E-state index contributed by atoms with van der Waals surface area (Å²) in [5.74, 6) is 1.29. The number of nitrogens with zero attached hydrogens (tertiary/aromatic N) is 4. The molecule has 1 atom stereocenters.